The first-order valence-corrected chi connectivity index (χ1v) is 2.88. The number of hydrogen-bond donors (Lipinski definition) is 0. The molecule has 1 aliphatic rings. The van der Waals surface area contributed by atoms with Gasteiger partial charge in [-0.25, -0.2) is 0 Å². The van der Waals surface area contributed by atoms with E-state index in [4.69, 9.17) is 0 Å². The van der Waals surface area contributed by atoms with Gasteiger partial charge in [0, 0.05) is 0 Å². The van der Waals surface area contributed by atoms with Gasteiger partial charge in [-0.05, 0) is 0 Å². The van der Waals surface area contributed by atoms with E-state index in [2.05, 4.69) is 0 Å². The van der Waals surface area contributed by atoms with Crippen molar-refractivity contribution in [3.63, 3.8) is 0 Å². The molecule has 0 aromatic heterocycles. The fourth-order valence-corrected chi connectivity index (χ4v) is 0.747. The number of alkyl halides is 7. The zero-order chi connectivity index (χ0) is 11.4. The zero-order valence-corrected chi connectivity index (χ0v) is 5.92. The second kappa shape index (κ2) is 2.48. The van der Waals surface area contributed by atoms with Crippen molar-refractivity contribution in [2.75, 3.05) is 0 Å². The Bertz CT molecular complexity index is 278. The first-order valence-electron chi connectivity index (χ1n) is 2.88. The predicted octanol–water partition coefficient (Wildman–Crippen LogP) is 2.33. The Labute approximate surface area is 70.8 Å². The summed E-state index contributed by atoms with van der Waals surface area (Å²) in [7, 11) is 0. The normalized spacial score (nSPS) is 25.1. The van der Waals surface area contributed by atoms with E-state index >= 15 is 0 Å². The maximum Gasteiger partial charge on any atom is 0.492 e. The molecule has 0 saturated heterocycles. The molecule has 0 spiro atoms. The second-order valence-electron chi connectivity index (χ2n) is 2.27. The van der Waals surface area contributed by atoms with Crippen LogP contribution in [-0.2, 0) is 0 Å². The molecule has 0 saturated carbocycles. The molecule has 2 nitrogen and oxygen atoms in total. The van der Waals surface area contributed by atoms with Crippen LogP contribution in [0.3, 0.4) is 0 Å². The Kier molecular flexibility index (Phi) is 1.95. The molecule has 0 radical (unpaired) electrons. The SMILES string of the molecule is FC1=NC(F)(F)C(F)(F)N1C(F)(F)F. The molecule has 10 heteroatoms. The minimum atomic E-state index is -5.96. The first-order chi connectivity index (χ1) is 6.00. The molecule has 0 aromatic rings. The molecule has 0 bridgehead atoms. The number of aliphatic imine (C=N–C) groups is 1. The number of rotatable bonds is 0. The molecule has 1 heterocycles. The van der Waals surface area contributed by atoms with Crippen LogP contribution in [-0.4, -0.2) is 29.4 Å². The molecule has 0 unspecified atom stereocenters. The average Bonchev–Trinajstić information content (AvgIpc) is 1.93. The number of amidine groups is 1. The Balaban J connectivity index is 3.18. The van der Waals surface area contributed by atoms with Crippen LogP contribution in [0.1, 0.15) is 0 Å². The van der Waals surface area contributed by atoms with Crippen molar-refractivity contribution in [2.24, 2.45) is 4.99 Å². The van der Waals surface area contributed by atoms with Gasteiger partial charge in [0.15, 0.2) is 0 Å². The number of nitrogens with zero attached hydrogens (tertiary/aromatic N) is 2. The van der Waals surface area contributed by atoms with Crippen LogP contribution in [0.4, 0.5) is 35.1 Å². The maximum absolute atomic E-state index is 12.2. The van der Waals surface area contributed by atoms with Gasteiger partial charge in [0.25, 0.3) is 6.09 Å². The van der Waals surface area contributed by atoms with Crippen molar-refractivity contribution in [1.82, 2.24) is 4.90 Å². The van der Waals surface area contributed by atoms with E-state index in [-0.39, 0.29) is 0 Å². The van der Waals surface area contributed by atoms with E-state index in [1.54, 1.807) is 0 Å². The summed E-state index contributed by atoms with van der Waals surface area (Å²) in [5.41, 5.74) is 0. The lowest BCUT2D eigenvalue weighted by Gasteiger charge is -2.27. The smallest absolute Gasteiger partial charge is 0.174 e. The summed E-state index contributed by atoms with van der Waals surface area (Å²) in [4.78, 5) is -1.03. The van der Waals surface area contributed by atoms with E-state index in [0.717, 1.165) is 0 Å². The molecule has 1 aliphatic heterocycles. The molecule has 1 rings (SSSR count). The first kappa shape index (κ1) is 11.0. The summed E-state index contributed by atoms with van der Waals surface area (Å²) in [6.45, 7) is 0. The van der Waals surface area contributed by atoms with E-state index in [1.807, 2.05) is 0 Å². The second-order valence-corrected chi connectivity index (χ2v) is 2.27. The van der Waals surface area contributed by atoms with E-state index < -0.39 is 29.4 Å². The quantitative estimate of drug-likeness (QED) is 0.459. The van der Waals surface area contributed by atoms with Crippen LogP contribution >= 0.6 is 0 Å². The lowest BCUT2D eigenvalue weighted by Crippen LogP contribution is -2.55. The highest BCUT2D eigenvalue weighted by molar-refractivity contribution is 5.76. The molecule has 82 valence electrons. The molecule has 0 aliphatic carbocycles. The topological polar surface area (TPSA) is 15.6 Å². The van der Waals surface area contributed by atoms with Crippen LogP contribution in [0.5, 0.6) is 0 Å². The van der Waals surface area contributed by atoms with Gasteiger partial charge in [0.05, 0.1) is 0 Å². The highest BCUT2D eigenvalue weighted by Crippen LogP contribution is 2.48. The van der Waals surface area contributed by atoms with Gasteiger partial charge in [-0.15, -0.1) is 13.2 Å². The third kappa shape index (κ3) is 1.28. The van der Waals surface area contributed by atoms with Crippen LogP contribution in [0.25, 0.3) is 0 Å². The molecule has 14 heavy (non-hydrogen) atoms. The van der Waals surface area contributed by atoms with Crippen molar-refractivity contribution < 1.29 is 35.1 Å². The summed E-state index contributed by atoms with van der Waals surface area (Å²) in [5, 5.41) is 0. The highest BCUT2D eigenvalue weighted by atomic mass is 19.4. The van der Waals surface area contributed by atoms with Gasteiger partial charge >= 0.3 is 18.4 Å². The average molecular weight is 228 g/mol. The van der Waals surface area contributed by atoms with Gasteiger partial charge < -0.3 is 0 Å². The maximum atomic E-state index is 12.2. The molecular formula is C4F8N2. The molecule has 0 aromatic carbocycles. The van der Waals surface area contributed by atoms with Crippen molar-refractivity contribution >= 4 is 6.09 Å². The summed E-state index contributed by atoms with van der Waals surface area (Å²) >= 11 is 0. The summed E-state index contributed by atoms with van der Waals surface area (Å²) in [6, 6.07) is -11.2. The van der Waals surface area contributed by atoms with Crippen LogP contribution in [0.2, 0.25) is 0 Å². The van der Waals surface area contributed by atoms with Crippen molar-refractivity contribution in [1.29, 1.82) is 0 Å². The molecule has 0 atom stereocenters. The third-order valence-corrected chi connectivity index (χ3v) is 1.31. The van der Waals surface area contributed by atoms with Crippen molar-refractivity contribution in [2.45, 2.75) is 18.4 Å². The predicted molar refractivity (Wildman–Crippen MR) is 26.3 cm³/mol. The Morgan fingerprint density at radius 3 is 1.64 bits per heavy atom. The zero-order valence-electron chi connectivity index (χ0n) is 5.92. The number of hydrogen-bond acceptors (Lipinski definition) is 2. The van der Waals surface area contributed by atoms with Crippen LogP contribution < -0.4 is 0 Å². The highest BCUT2D eigenvalue weighted by Gasteiger charge is 2.73. The Morgan fingerprint density at radius 2 is 1.50 bits per heavy atom. The van der Waals surface area contributed by atoms with Crippen molar-refractivity contribution in [3.8, 4) is 0 Å². The fourth-order valence-electron chi connectivity index (χ4n) is 0.747. The molecular weight excluding hydrogens is 228 g/mol. The van der Waals surface area contributed by atoms with Crippen molar-refractivity contribution in [3.05, 3.63) is 0 Å². The van der Waals surface area contributed by atoms with Gasteiger partial charge in [0.2, 0.25) is 0 Å². The Morgan fingerprint density at radius 1 is 1.07 bits per heavy atom. The largest absolute Gasteiger partial charge is 0.492 e. The Hall–Kier alpha value is -1.09. The molecule has 0 fully saturated rings. The van der Waals surface area contributed by atoms with E-state index in [0.29, 0.717) is 0 Å². The van der Waals surface area contributed by atoms with Crippen LogP contribution in [0, 0.1) is 0 Å². The summed E-state index contributed by atoms with van der Waals surface area (Å²) in [5.74, 6) is 0. The minimum absolute atomic E-state index is 1.29. The van der Waals surface area contributed by atoms with E-state index in [9.17, 15) is 35.1 Å². The lowest BCUT2D eigenvalue weighted by atomic mass is 10.4. The molecule has 0 amide bonds. The molecule has 0 N–H and O–H groups in total. The van der Waals surface area contributed by atoms with Gasteiger partial charge in [-0.1, -0.05) is 0 Å². The summed E-state index contributed by atoms with van der Waals surface area (Å²) < 4.78 is 95.5. The number of halogens is 8. The third-order valence-electron chi connectivity index (χ3n) is 1.31. The van der Waals surface area contributed by atoms with Gasteiger partial charge in [0.1, 0.15) is 0 Å². The minimum Gasteiger partial charge on any atom is -0.174 e. The lowest BCUT2D eigenvalue weighted by molar-refractivity contribution is -0.343. The standard InChI is InChI=1S/C4F8N2/c5-1-13-2(6,7)3(8,9)14(1)4(10,11)12. The summed E-state index contributed by atoms with van der Waals surface area (Å²) in [6.07, 6.45) is -8.93. The van der Waals surface area contributed by atoms with Gasteiger partial charge in [-0.2, -0.15) is 31.8 Å². The van der Waals surface area contributed by atoms with Crippen LogP contribution in [0.15, 0.2) is 4.99 Å². The van der Waals surface area contributed by atoms with E-state index in [1.165, 1.54) is 4.99 Å². The fraction of sp³-hybridized carbons (Fsp3) is 0.750. The monoisotopic (exact) mass is 228 g/mol. The van der Waals surface area contributed by atoms with Gasteiger partial charge in [-0.3, -0.25) is 0 Å².